The number of rotatable bonds is 6. The molecule has 0 spiro atoms. The Hall–Kier alpha value is -1.59. The summed E-state index contributed by atoms with van der Waals surface area (Å²) in [5.74, 6) is -1.52. The molecule has 0 radical (unpaired) electrons. The molecule has 0 aromatic heterocycles. The summed E-state index contributed by atoms with van der Waals surface area (Å²) in [7, 11) is 0. The van der Waals surface area contributed by atoms with Crippen LogP contribution in [-0.2, 0) is 9.59 Å². The van der Waals surface area contributed by atoms with Crippen molar-refractivity contribution in [2.45, 2.75) is 45.1 Å². The van der Waals surface area contributed by atoms with Crippen LogP contribution in [-0.4, -0.2) is 28.6 Å². The summed E-state index contributed by atoms with van der Waals surface area (Å²) in [5.41, 5.74) is -1.00. The van der Waals surface area contributed by atoms with Crippen LogP contribution in [0, 0.1) is 17.8 Å². The van der Waals surface area contributed by atoms with Crippen LogP contribution in [0.15, 0.2) is 0 Å². The molecule has 3 N–H and O–H groups in total. The van der Waals surface area contributed by atoms with Gasteiger partial charge in [0.05, 0.1) is 5.92 Å². The number of carboxylic acids is 1. The average Bonchev–Trinajstić information content (AvgIpc) is 3.02. The lowest BCUT2D eigenvalue weighted by Gasteiger charge is -2.26. The Kier molecular flexibility index (Phi) is 3.52. The first-order chi connectivity index (χ1) is 8.86. The molecule has 3 amide bonds. The van der Waals surface area contributed by atoms with Gasteiger partial charge in [-0.05, 0) is 18.8 Å². The summed E-state index contributed by atoms with van der Waals surface area (Å²) in [6.07, 6.45) is 2.73. The van der Waals surface area contributed by atoms with E-state index in [0.717, 1.165) is 12.8 Å². The van der Waals surface area contributed by atoms with E-state index in [1.807, 2.05) is 0 Å². The van der Waals surface area contributed by atoms with Gasteiger partial charge in [-0.3, -0.25) is 14.9 Å². The number of carbonyl (C=O) groups is 3. The second kappa shape index (κ2) is 4.83. The summed E-state index contributed by atoms with van der Waals surface area (Å²) < 4.78 is 0. The summed E-state index contributed by atoms with van der Waals surface area (Å²) in [6.45, 7) is 4.19. The molecule has 0 bridgehead atoms. The highest BCUT2D eigenvalue weighted by Crippen LogP contribution is 2.49. The lowest BCUT2D eigenvalue weighted by Crippen LogP contribution is -2.50. The number of amides is 3. The highest BCUT2D eigenvalue weighted by atomic mass is 16.4. The van der Waals surface area contributed by atoms with Crippen molar-refractivity contribution in [2.75, 3.05) is 0 Å². The Balaban J connectivity index is 2.09. The molecule has 106 valence electrons. The van der Waals surface area contributed by atoms with Crippen LogP contribution in [0.2, 0.25) is 0 Å². The molecule has 0 aromatic rings. The first kappa shape index (κ1) is 13.8. The molecule has 1 aliphatic carbocycles. The largest absolute Gasteiger partial charge is 0.481 e. The maximum Gasteiger partial charge on any atom is 0.322 e. The van der Waals surface area contributed by atoms with Crippen molar-refractivity contribution in [3.05, 3.63) is 0 Å². The van der Waals surface area contributed by atoms with Gasteiger partial charge in [0.15, 0.2) is 0 Å². The Bertz CT molecular complexity index is 421. The van der Waals surface area contributed by atoms with Gasteiger partial charge in [0.1, 0.15) is 5.54 Å². The van der Waals surface area contributed by atoms with Gasteiger partial charge in [0, 0.05) is 5.92 Å². The van der Waals surface area contributed by atoms with Crippen LogP contribution in [0.25, 0.3) is 0 Å². The molecule has 3 atom stereocenters. The first-order valence-electron chi connectivity index (χ1n) is 6.73. The second-order valence-corrected chi connectivity index (χ2v) is 5.95. The van der Waals surface area contributed by atoms with E-state index in [0.29, 0.717) is 18.8 Å². The zero-order valence-corrected chi connectivity index (χ0v) is 11.2. The number of hydrogen-bond acceptors (Lipinski definition) is 3. The van der Waals surface area contributed by atoms with Crippen molar-refractivity contribution in [3.63, 3.8) is 0 Å². The lowest BCUT2D eigenvalue weighted by molar-refractivity contribution is -0.139. The summed E-state index contributed by atoms with van der Waals surface area (Å²) in [5, 5.41) is 13.9. The number of imide groups is 1. The molecule has 2 rings (SSSR count). The van der Waals surface area contributed by atoms with E-state index in [4.69, 9.17) is 5.11 Å². The molecule has 3 unspecified atom stereocenters. The van der Waals surface area contributed by atoms with Crippen molar-refractivity contribution >= 4 is 17.9 Å². The normalized spacial score (nSPS) is 33.2. The van der Waals surface area contributed by atoms with Crippen LogP contribution >= 0.6 is 0 Å². The molecular weight excluding hydrogens is 248 g/mol. The van der Waals surface area contributed by atoms with Gasteiger partial charge in [-0.2, -0.15) is 0 Å². The number of carbonyl (C=O) groups excluding carboxylic acids is 2. The lowest BCUT2D eigenvalue weighted by atomic mass is 9.85. The quantitative estimate of drug-likeness (QED) is 0.629. The van der Waals surface area contributed by atoms with E-state index in [-0.39, 0.29) is 11.8 Å². The zero-order valence-electron chi connectivity index (χ0n) is 11.2. The molecule has 1 saturated heterocycles. The van der Waals surface area contributed by atoms with E-state index >= 15 is 0 Å². The van der Waals surface area contributed by atoms with Gasteiger partial charge in [0.2, 0.25) is 0 Å². The Morgan fingerprint density at radius 2 is 2.16 bits per heavy atom. The highest BCUT2D eigenvalue weighted by molar-refractivity contribution is 6.07. The third-order valence-corrected chi connectivity index (χ3v) is 4.06. The van der Waals surface area contributed by atoms with Crippen molar-refractivity contribution in [2.24, 2.45) is 17.8 Å². The molecule has 1 heterocycles. The molecule has 19 heavy (non-hydrogen) atoms. The van der Waals surface area contributed by atoms with Crippen LogP contribution in [0.5, 0.6) is 0 Å². The van der Waals surface area contributed by atoms with Gasteiger partial charge in [-0.15, -0.1) is 0 Å². The summed E-state index contributed by atoms with van der Waals surface area (Å²) in [4.78, 5) is 34.4. The number of hydrogen-bond donors (Lipinski definition) is 3. The highest BCUT2D eigenvalue weighted by Gasteiger charge is 2.62. The predicted molar refractivity (Wildman–Crippen MR) is 67.3 cm³/mol. The van der Waals surface area contributed by atoms with E-state index in [1.165, 1.54) is 0 Å². The molecule has 0 aromatic carbocycles. The molecule has 2 aliphatic rings. The van der Waals surface area contributed by atoms with Crippen LogP contribution in [0.1, 0.15) is 39.5 Å². The maximum atomic E-state index is 12.0. The van der Waals surface area contributed by atoms with Crippen LogP contribution in [0.3, 0.4) is 0 Å². The molecular formula is C13H20N2O4. The van der Waals surface area contributed by atoms with Crippen LogP contribution < -0.4 is 10.6 Å². The van der Waals surface area contributed by atoms with Crippen molar-refractivity contribution in [1.82, 2.24) is 10.6 Å². The molecule has 2 fully saturated rings. The topological polar surface area (TPSA) is 95.5 Å². The van der Waals surface area contributed by atoms with Gasteiger partial charge in [-0.25, -0.2) is 4.79 Å². The molecule has 1 saturated carbocycles. The molecule has 1 aliphatic heterocycles. The van der Waals surface area contributed by atoms with E-state index in [9.17, 15) is 14.4 Å². The minimum Gasteiger partial charge on any atom is -0.481 e. The average molecular weight is 268 g/mol. The number of nitrogens with one attached hydrogen (secondary N) is 2. The van der Waals surface area contributed by atoms with E-state index in [1.54, 1.807) is 0 Å². The van der Waals surface area contributed by atoms with E-state index < -0.39 is 23.5 Å². The summed E-state index contributed by atoms with van der Waals surface area (Å²) >= 11 is 0. The fourth-order valence-corrected chi connectivity index (χ4v) is 2.93. The van der Waals surface area contributed by atoms with Gasteiger partial charge < -0.3 is 10.4 Å². The minimum atomic E-state index is -1.00. The smallest absolute Gasteiger partial charge is 0.322 e. The summed E-state index contributed by atoms with van der Waals surface area (Å²) in [6, 6.07) is -0.509. The van der Waals surface area contributed by atoms with Crippen molar-refractivity contribution < 1.29 is 19.5 Å². The Labute approximate surface area is 111 Å². The SMILES string of the molecule is CC(C)CCCC1(C2CC2C(=O)O)NC(=O)NC1=O. The monoisotopic (exact) mass is 268 g/mol. The Morgan fingerprint density at radius 3 is 2.58 bits per heavy atom. The van der Waals surface area contributed by atoms with Gasteiger partial charge >= 0.3 is 12.0 Å². The number of carboxylic acid groups (broad SMARTS) is 1. The van der Waals surface area contributed by atoms with Gasteiger partial charge in [-0.1, -0.05) is 26.7 Å². The zero-order chi connectivity index (χ0) is 14.2. The Morgan fingerprint density at radius 1 is 1.47 bits per heavy atom. The fraction of sp³-hybridized carbons (Fsp3) is 0.769. The molecule has 6 nitrogen and oxygen atoms in total. The maximum absolute atomic E-state index is 12.0. The van der Waals surface area contributed by atoms with Crippen molar-refractivity contribution in [1.29, 1.82) is 0 Å². The number of urea groups is 1. The van der Waals surface area contributed by atoms with Crippen LogP contribution in [0.4, 0.5) is 4.79 Å². The molecule has 6 heteroatoms. The van der Waals surface area contributed by atoms with E-state index in [2.05, 4.69) is 24.5 Å². The van der Waals surface area contributed by atoms with Crippen molar-refractivity contribution in [3.8, 4) is 0 Å². The second-order valence-electron chi connectivity index (χ2n) is 5.95. The standard InChI is InChI=1S/C13H20N2O4/c1-7(2)4-3-5-13(9-6-8(9)10(16)17)11(18)14-12(19)15-13/h7-9H,3-6H2,1-2H3,(H,16,17)(H2,14,15,18,19). The first-order valence-corrected chi connectivity index (χ1v) is 6.73. The minimum absolute atomic E-state index is 0.274. The van der Waals surface area contributed by atoms with Gasteiger partial charge in [0.25, 0.3) is 5.91 Å². The number of aliphatic carboxylic acids is 1. The fourth-order valence-electron chi connectivity index (χ4n) is 2.93. The predicted octanol–water partition coefficient (Wildman–Crippen LogP) is 1.11. The third kappa shape index (κ3) is 2.57. The third-order valence-electron chi connectivity index (χ3n) is 4.06.